The Bertz CT molecular complexity index is 286. The van der Waals surface area contributed by atoms with Crippen molar-refractivity contribution in [3.8, 4) is 0 Å². The number of primary amides is 1. The lowest BCUT2D eigenvalue weighted by atomic mass is 9.85. The minimum absolute atomic E-state index is 0.0206. The van der Waals surface area contributed by atoms with Gasteiger partial charge in [-0.15, -0.1) is 0 Å². The third-order valence-corrected chi connectivity index (χ3v) is 3.56. The fourth-order valence-electron chi connectivity index (χ4n) is 2.38. The van der Waals surface area contributed by atoms with Gasteiger partial charge in [0.15, 0.2) is 0 Å². The zero-order chi connectivity index (χ0) is 13.5. The number of amides is 2. The lowest BCUT2D eigenvalue weighted by Gasteiger charge is -2.29. The molecule has 0 aromatic carbocycles. The summed E-state index contributed by atoms with van der Waals surface area (Å²) < 4.78 is 0. The molecule has 0 aromatic heterocycles. The summed E-state index contributed by atoms with van der Waals surface area (Å²) in [4.78, 5) is 22.7. The van der Waals surface area contributed by atoms with Crippen LogP contribution in [0.1, 0.15) is 46.0 Å². The Morgan fingerprint density at radius 1 is 1.28 bits per heavy atom. The van der Waals surface area contributed by atoms with E-state index in [0.29, 0.717) is 6.04 Å². The van der Waals surface area contributed by atoms with Gasteiger partial charge in [-0.05, 0) is 39.0 Å². The predicted octanol–water partition coefficient (Wildman–Crippen LogP) is 0.535. The van der Waals surface area contributed by atoms with Crippen molar-refractivity contribution in [2.75, 3.05) is 6.54 Å². The number of nitrogens with one attached hydrogen (secondary N) is 2. The summed E-state index contributed by atoms with van der Waals surface area (Å²) in [5.74, 6) is -0.122. The van der Waals surface area contributed by atoms with Crippen molar-refractivity contribution in [2.45, 2.75) is 58.0 Å². The van der Waals surface area contributed by atoms with Gasteiger partial charge in [-0.1, -0.05) is 6.92 Å². The first kappa shape index (κ1) is 15.0. The highest BCUT2D eigenvalue weighted by Gasteiger charge is 2.26. The van der Waals surface area contributed by atoms with E-state index in [1.807, 2.05) is 13.8 Å². The van der Waals surface area contributed by atoms with Crippen molar-refractivity contribution in [3.05, 3.63) is 0 Å². The molecule has 0 heterocycles. The van der Waals surface area contributed by atoms with E-state index in [1.54, 1.807) is 0 Å². The van der Waals surface area contributed by atoms with Crippen LogP contribution >= 0.6 is 0 Å². The molecule has 0 aliphatic heterocycles. The summed E-state index contributed by atoms with van der Waals surface area (Å²) in [6.07, 6.45) is 4.44. The van der Waals surface area contributed by atoms with E-state index in [2.05, 4.69) is 10.6 Å². The molecule has 18 heavy (non-hydrogen) atoms. The Morgan fingerprint density at radius 3 is 2.39 bits per heavy atom. The lowest BCUT2D eigenvalue weighted by molar-refractivity contribution is -0.124. The first-order valence-electron chi connectivity index (χ1n) is 6.87. The Hall–Kier alpha value is -1.10. The molecule has 0 bridgehead atoms. The van der Waals surface area contributed by atoms with Gasteiger partial charge in [0.25, 0.3) is 0 Å². The Labute approximate surface area is 109 Å². The van der Waals surface area contributed by atoms with E-state index >= 15 is 0 Å². The quantitative estimate of drug-likeness (QED) is 0.647. The predicted molar refractivity (Wildman–Crippen MR) is 70.8 cm³/mol. The molecule has 1 unspecified atom stereocenters. The van der Waals surface area contributed by atoms with Crippen molar-refractivity contribution in [3.63, 3.8) is 0 Å². The molecule has 4 N–H and O–H groups in total. The third kappa shape index (κ3) is 4.64. The van der Waals surface area contributed by atoms with Crippen LogP contribution in [0.25, 0.3) is 0 Å². The zero-order valence-corrected chi connectivity index (χ0v) is 11.4. The van der Waals surface area contributed by atoms with Gasteiger partial charge < -0.3 is 16.4 Å². The van der Waals surface area contributed by atoms with Crippen molar-refractivity contribution < 1.29 is 9.59 Å². The molecule has 1 saturated carbocycles. The average Bonchev–Trinajstić information content (AvgIpc) is 2.36. The van der Waals surface area contributed by atoms with Gasteiger partial charge in [0.1, 0.15) is 0 Å². The number of hydrogen-bond donors (Lipinski definition) is 3. The Morgan fingerprint density at radius 2 is 1.89 bits per heavy atom. The van der Waals surface area contributed by atoms with Crippen molar-refractivity contribution in [1.82, 2.24) is 10.6 Å². The maximum atomic E-state index is 11.7. The highest BCUT2D eigenvalue weighted by atomic mass is 16.2. The fourth-order valence-corrected chi connectivity index (χ4v) is 2.38. The minimum Gasteiger partial charge on any atom is -0.369 e. The van der Waals surface area contributed by atoms with Crippen LogP contribution in [0.5, 0.6) is 0 Å². The van der Waals surface area contributed by atoms with Gasteiger partial charge in [-0.2, -0.15) is 0 Å². The van der Waals surface area contributed by atoms with E-state index in [1.165, 1.54) is 0 Å². The molecule has 104 valence electrons. The first-order chi connectivity index (χ1) is 8.54. The molecule has 1 atom stereocenters. The highest BCUT2D eigenvalue weighted by Crippen LogP contribution is 2.24. The molecule has 1 aliphatic rings. The number of rotatable bonds is 6. The molecular weight excluding hydrogens is 230 g/mol. The second-order valence-corrected chi connectivity index (χ2v) is 5.13. The molecule has 2 amide bonds. The van der Waals surface area contributed by atoms with Crippen molar-refractivity contribution >= 4 is 11.8 Å². The molecule has 0 saturated heterocycles. The summed E-state index contributed by atoms with van der Waals surface area (Å²) in [5.41, 5.74) is 5.29. The van der Waals surface area contributed by atoms with Crippen LogP contribution in [-0.2, 0) is 9.59 Å². The van der Waals surface area contributed by atoms with E-state index < -0.39 is 0 Å². The van der Waals surface area contributed by atoms with Crippen LogP contribution in [0.3, 0.4) is 0 Å². The lowest BCUT2D eigenvalue weighted by Crippen LogP contribution is -2.48. The van der Waals surface area contributed by atoms with Crippen LogP contribution in [0.2, 0.25) is 0 Å². The molecule has 0 radical (unpaired) electrons. The number of hydrogen-bond acceptors (Lipinski definition) is 3. The Kier molecular flexibility index (Phi) is 6.12. The zero-order valence-electron chi connectivity index (χ0n) is 11.4. The normalized spacial score (nSPS) is 25.4. The van der Waals surface area contributed by atoms with Gasteiger partial charge >= 0.3 is 0 Å². The maximum absolute atomic E-state index is 11.7. The van der Waals surface area contributed by atoms with Gasteiger partial charge in [-0.25, -0.2) is 0 Å². The van der Waals surface area contributed by atoms with Gasteiger partial charge in [0.05, 0.1) is 6.04 Å². The highest BCUT2D eigenvalue weighted by molar-refractivity contribution is 5.81. The SMILES string of the molecule is CCCNC(=O)C(C)NC1CCC(C(N)=O)CC1. The molecule has 5 nitrogen and oxygen atoms in total. The van der Waals surface area contributed by atoms with E-state index in [9.17, 15) is 9.59 Å². The molecular formula is C13H25N3O2. The molecule has 0 spiro atoms. The Balaban J connectivity index is 2.27. The number of nitrogens with two attached hydrogens (primary N) is 1. The first-order valence-corrected chi connectivity index (χ1v) is 6.87. The minimum atomic E-state index is -0.192. The maximum Gasteiger partial charge on any atom is 0.236 e. The standard InChI is InChI=1S/C13H25N3O2/c1-3-8-15-13(18)9(2)16-11-6-4-10(5-7-11)12(14)17/h9-11,16H,3-8H2,1-2H3,(H2,14,17)(H,15,18). The van der Waals surface area contributed by atoms with Crippen molar-refractivity contribution in [1.29, 1.82) is 0 Å². The summed E-state index contributed by atoms with van der Waals surface area (Å²) in [7, 11) is 0. The van der Waals surface area contributed by atoms with Gasteiger partial charge in [0.2, 0.25) is 11.8 Å². The summed E-state index contributed by atoms with van der Waals surface area (Å²) in [5, 5.41) is 6.20. The van der Waals surface area contributed by atoms with E-state index in [-0.39, 0.29) is 23.8 Å². The number of carbonyl (C=O) groups excluding carboxylic acids is 2. The third-order valence-electron chi connectivity index (χ3n) is 3.56. The smallest absolute Gasteiger partial charge is 0.236 e. The monoisotopic (exact) mass is 255 g/mol. The largest absolute Gasteiger partial charge is 0.369 e. The van der Waals surface area contributed by atoms with Crippen LogP contribution in [0.4, 0.5) is 0 Å². The molecule has 5 heteroatoms. The molecule has 1 aliphatic carbocycles. The average molecular weight is 255 g/mol. The van der Waals surface area contributed by atoms with Crippen LogP contribution in [0.15, 0.2) is 0 Å². The van der Waals surface area contributed by atoms with Crippen LogP contribution in [-0.4, -0.2) is 30.4 Å². The summed E-state index contributed by atoms with van der Waals surface area (Å²) >= 11 is 0. The van der Waals surface area contributed by atoms with Crippen molar-refractivity contribution in [2.24, 2.45) is 11.7 Å². The topological polar surface area (TPSA) is 84.2 Å². The summed E-state index contributed by atoms with van der Waals surface area (Å²) in [6.45, 7) is 4.63. The van der Waals surface area contributed by atoms with E-state index in [4.69, 9.17) is 5.73 Å². The summed E-state index contributed by atoms with van der Waals surface area (Å²) in [6, 6.07) is 0.148. The van der Waals surface area contributed by atoms with Crippen LogP contribution in [0, 0.1) is 5.92 Å². The van der Waals surface area contributed by atoms with Gasteiger partial charge in [0, 0.05) is 18.5 Å². The molecule has 0 aromatic rings. The molecule has 1 fully saturated rings. The van der Waals surface area contributed by atoms with Crippen LogP contribution < -0.4 is 16.4 Å². The molecule has 1 rings (SSSR count). The second kappa shape index (κ2) is 7.36. The number of carbonyl (C=O) groups is 2. The van der Waals surface area contributed by atoms with Gasteiger partial charge in [-0.3, -0.25) is 9.59 Å². The fraction of sp³-hybridized carbons (Fsp3) is 0.846. The van der Waals surface area contributed by atoms with E-state index in [0.717, 1.165) is 38.6 Å². The second-order valence-electron chi connectivity index (χ2n) is 5.13.